The van der Waals surface area contributed by atoms with E-state index in [0.29, 0.717) is 29.8 Å². The fraction of sp³-hybridized carbons (Fsp3) is 0.308. The number of alkyl halides is 3. The van der Waals surface area contributed by atoms with Crippen LogP contribution < -0.4 is 10.1 Å². The summed E-state index contributed by atoms with van der Waals surface area (Å²) in [5.41, 5.74) is 1.87. The van der Waals surface area contributed by atoms with Crippen LogP contribution >= 0.6 is 0 Å². The third kappa shape index (κ3) is 3.43. The van der Waals surface area contributed by atoms with Gasteiger partial charge in [0, 0.05) is 23.9 Å². The van der Waals surface area contributed by atoms with Gasteiger partial charge in [-0.15, -0.1) is 13.2 Å². The van der Waals surface area contributed by atoms with Gasteiger partial charge in [0.15, 0.2) is 0 Å². The summed E-state index contributed by atoms with van der Waals surface area (Å²) in [4.78, 5) is 11.2. The molecule has 0 spiro atoms. The largest absolute Gasteiger partial charge is 0.573 e. The lowest BCUT2D eigenvalue weighted by Gasteiger charge is -2.21. The highest BCUT2D eigenvalue weighted by Gasteiger charge is 2.31. The van der Waals surface area contributed by atoms with Crippen LogP contribution in [0.2, 0.25) is 0 Å². The Balaban J connectivity index is 2.31. The van der Waals surface area contributed by atoms with Crippen LogP contribution in [0.3, 0.4) is 0 Å². The minimum absolute atomic E-state index is 0.268. The second-order valence-electron chi connectivity index (χ2n) is 4.12. The lowest BCUT2D eigenvalue weighted by atomic mass is 9.97. The van der Waals surface area contributed by atoms with Crippen LogP contribution in [0.25, 0.3) is 5.70 Å². The van der Waals surface area contributed by atoms with Crippen LogP contribution in [0.5, 0.6) is 5.75 Å². The van der Waals surface area contributed by atoms with Crippen LogP contribution in [0.15, 0.2) is 24.3 Å². The summed E-state index contributed by atoms with van der Waals surface area (Å²) in [5.74, 6) is -0.800. The van der Waals surface area contributed by atoms with Gasteiger partial charge in [-0.2, -0.15) is 0 Å². The molecule has 0 aromatic heterocycles. The van der Waals surface area contributed by atoms with E-state index in [0.717, 1.165) is 0 Å². The fourth-order valence-electron chi connectivity index (χ4n) is 1.97. The van der Waals surface area contributed by atoms with Gasteiger partial charge in [0.25, 0.3) is 0 Å². The van der Waals surface area contributed by atoms with Crippen LogP contribution in [0.4, 0.5) is 13.2 Å². The van der Waals surface area contributed by atoms with E-state index >= 15 is 0 Å². The average molecular weight is 287 g/mol. The molecule has 0 saturated carbocycles. The quantitative estimate of drug-likeness (QED) is 0.669. The Hall–Kier alpha value is -2.18. The van der Waals surface area contributed by atoms with E-state index in [1.54, 1.807) is 0 Å². The Morgan fingerprint density at radius 1 is 1.40 bits per heavy atom. The molecule has 0 bridgehead atoms. The molecule has 1 heterocycles. The summed E-state index contributed by atoms with van der Waals surface area (Å²) in [6.07, 6.45) is -2.91. The molecule has 1 aliphatic rings. The topological polar surface area (TPSA) is 47.6 Å². The highest BCUT2D eigenvalue weighted by molar-refractivity contribution is 5.91. The molecular formula is C13H12F3NO3. The number of hydrogen-bond donors (Lipinski definition) is 1. The lowest BCUT2D eigenvalue weighted by molar-refractivity contribution is -0.274. The first-order valence-electron chi connectivity index (χ1n) is 5.81. The fourth-order valence-corrected chi connectivity index (χ4v) is 1.97. The van der Waals surface area contributed by atoms with E-state index in [2.05, 4.69) is 14.8 Å². The van der Waals surface area contributed by atoms with Gasteiger partial charge in [-0.1, -0.05) is 0 Å². The molecule has 0 radical (unpaired) electrons. The third-order valence-corrected chi connectivity index (χ3v) is 2.77. The number of benzene rings is 1. The van der Waals surface area contributed by atoms with E-state index in [9.17, 15) is 18.0 Å². The Bertz CT molecular complexity index is 552. The molecule has 4 nitrogen and oxygen atoms in total. The number of ether oxygens (including phenoxy) is 2. The van der Waals surface area contributed by atoms with Crippen molar-refractivity contribution in [2.24, 2.45) is 0 Å². The molecule has 1 aromatic carbocycles. The van der Waals surface area contributed by atoms with E-state index in [1.165, 1.54) is 31.4 Å². The molecule has 108 valence electrons. The van der Waals surface area contributed by atoms with Crippen molar-refractivity contribution in [1.82, 2.24) is 5.32 Å². The maximum absolute atomic E-state index is 12.2. The highest BCUT2D eigenvalue weighted by atomic mass is 19.4. The van der Waals surface area contributed by atoms with E-state index in [-0.39, 0.29) is 5.75 Å². The molecule has 0 atom stereocenters. The number of rotatable bonds is 2. The first kappa shape index (κ1) is 14.2. The van der Waals surface area contributed by atoms with E-state index < -0.39 is 12.3 Å². The van der Waals surface area contributed by atoms with Gasteiger partial charge in [-0.3, -0.25) is 0 Å². The predicted molar refractivity (Wildman–Crippen MR) is 64.8 cm³/mol. The molecule has 0 unspecified atom stereocenters. The van der Waals surface area contributed by atoms with Gasteiger partial charge in [0.1, 0.15) is 5.75 Å². The number of fused-ring (bicyclic) bond motifs is 1. The summed E-state index contributed by atoms with van der Waals surface area (Å²) < 4.78 is 44.9. The van der Waals surface area contributed by atoms with Crippen molar-refractivity contribution in [2.45, 2.75) is 12.8 Å². The van der Waals surface area contributed by atoms with Gasteiger partial charge in [-0.25, -0.2) is 4.79 Å². The molecule has 0 amide bonds. The number of halogens is 3. The zero-order chi connectivity index (χ0) is 14.8. The summed E-state index contributed by atoms with van der Waals surface area (Å²) in [6, 6.07) is 4.02. The maximum atomic E-state index is 12.2. The van der Waals surface area contributed by atoms with Crippen molar-refractivity contribution in [2.75, 3.05) is 13.7 Å². The predicted octanol–water partition coefficient (Wildman–Crippen LogP) is 2.24. The molecule has 0 saturated heterocycles. The molecule has 1 aliphatic heterocycles. The molecule has 1 aromatic rings. The van der Waals surface area contributed by atoms with Crippen molar-refractivity contribution in [3.05, 3.63) is 35.4 Å². The van der Waals surface area contributed by atoms with Crippen molar-refractivity contribution >= 4 is 11.7 Å². The summed E-state index contributed by atoms with van der Waals surface area (Å²) in [5, 5.41) is 3.01. The lowest BCUT2D eigenvalue weighted by Crippen LogP contribution is -2.24. The molecular weight excluding hydrogens is 275 g/mol. The number of methoxy groups -OCH3 is 1. The summed E-state index contributed by atoms with van der Waals surface area (Å²) in [6.45, 7) is 0.519. The monoisotopic (exact) mass is 287 g/mol. The SMILES string of the molecule is COC(=O)/C=C1\NCCc2cc(OC(F)(F)F)ccc21. The van der Waals surface area contributed by atoms with Crippen molar-refractivity contribution in [1.29, 1.82) is 0 Å². The molecule has 7 heteroatoms. The van der Waals surface area contributed by atoms with Crippen LogP contribution in [0, 0.1) is 0 Å². The van der Waals surface area contributed by atoms with Crippen LogP contribution in [0.1, 0.15) is 11.1 Å². The van der Waals surface area contributed by atoms with Crippen LogP contribution in [-0.4, -0.2) is 26.0 Å². The van der Waals surface area contributed by atoms with E-state index in [1.807, 2.05) is 0 Å². The molecule has 1 N–H and O–H groups in total. The van der Waals surface area contributed by atoms with Gasteiger partial charge >= 0.3 is 12.3 Å². The minimum Gasteiger partial charge on any atom is -0.466 e. The Kier molecular flexibility index (Phi) is 3.87. The number of carbonyl (C=O) groups excluding carboxylic acids is 1. The zero-order valence-corrected chi connectivity index (χ0v) is 10.6. The Labute approximate surface area is 113 Å². The molecule has 2 rings (SSSR count). The van der Waals surface area contributed by atoms with Crippen molar-refractivity contribution in [3.8, 4) is 5.75 Å². The molecule has 0 fully saturated rings. The number of nitrogens with one attached hydrogen (secondary N) is 1. The van der Waals surface area contributed by atoms with Gasteiger partial charge < -0.3 is 14.8 Å². The smallest absolute Gasteiger partial charge is 0.466 e. The highest BCUT2D eigenvalue weighted by Crippen LogP contribution is 2.29. The standard InChI is InChI=1S/C13H12F3NO3/c1-19-12(18)7-11-10-3-2-9(20-13(14,15)16)6-8(10)4-5-17-11/h2-3,6-7,17H,4-5H2,1H3/b11-7-. The summed E-state index contributed by atoms with van der Waals surface area (Å²) >= 11 is 0. The third-order valence-electron chi connectivity index (χ3n) is 2.77. The Morgan fingerprint density at radius 2 is 2.15 bits per heavy atom. The molecule has 0 aliphatic carbocycles. The van der Waals surface area contributed by atoms with Crippen molar-refractivity contribution < 1.29 is 27.4 Å². The zero-order valence-electron chi connectivity index (χ0n) is 10.6. The first-order chi connectivity index (χ1) is 9.39. The van der Waals surface area contributed by atoms with Gasteiger partial charge in [0.2, 0.25) is 0 Å². The van der Waals surface area contributed by atoms with Crippen molar-refractivity contribution in [3.63, 3.8) is 0 Å². The van der Waals surface area contributed by atoms with Gasteiger partial charge in [-0.05, 0) is 30.2 Å². The van der Waals surface area contributed by atoms with Gasteiger partial charge in [0.05, 0.1) is 7.11 Å². The maximum Gasteiger partial charge on any atom is 0.573 e. The first-order valence-corrected chi connectivity index (χ1v) is 5.81. The second kappa shape index (κ2) is 5.44. The second-order valence-corrected chi connectivity index (χ2v) is 4.12. The number of carbonyl (C=O) groups is 1. The van der Waals surface area contributed by atoms with E-state index in [4.69, 9.17) is 0 Å². The Morgan fingerprint density at radius 3 is 2.80 bits per heavy atom. The normalized spacial score (nSPS) is 16.3. The summed E-state index contributed by atoms with van der Waals surface area (Å²) in [7, 11) is 1.25. The molecule has 20 heavy (non-hydrogen) atoms. The number of hydrogen-bond acceptors (Lipinski definition) is 4. The average Bonchev–Trinajstić information content (AvgIpc) is 2.36. The number of esters is 1. The van der Waals surface area contributed by atoms with Crippen LogP contribution in [-0.2, 0) is 16.0 Å². The minimum atomic E-state index is -4.72.